The van der Waals surface area contributed by atoms with E-state index in [4.69, 9.17) is 27.5 Å². The van der Waals surface area contributed by atoms with Crippen molar-refractivity contribution in [2.75, 3.05) is 59.3 Å². The van der Waals surface area contributed by atoms with E-state index in [2.05, 4.69) is 18.1 Å². The summed E-state index contributed by atoms with van der Waals surface area (Å²) in [5.74, 6) is 0. The first-order valence-electron chi connectivity index (χ1n) is 10.4. The molecule has 4 aliphatic heterocycles. The molecule has 4 aliphatic rings. The summed E-state index contributed by atoms with van der Waals surface area (Å²) < 4.78 is 36.1. The third-order valence-corrected chi connectivity index (χ3v) is 8.08. The first kappa shape index (κ1) is 22.1. The average molecular weight is 414 g/mol. The van der Waals surface area contributed by atoms with Gasteiger partial charge in [-0.15, -0.1) is 13.2 Å². The maximum Gasteiger partial charge on any atom is 0.501 e. The number of rotatable bonds is 13. The number of epoxide rings is 1. The van der Waals surface area contributed by atoms with Crippen molar-refractivity contribution in [3.05, 3.63) is 25.3 Å². The van der Waals surface area contributed by atoms with Crippen LogP contribution in [-0.4, -0.2) is 91.3 Å². The summed E-state index contributed by atoms with van der Waals surface area (Å²) in [5, 5.41) is 0. The molecule has 0 aromatic heterocycles. The summed E-state index contributed by atoms with van der Waals surface area (Å²) in [7, 11) is -2.80. The number of nitrogens with zero attached hydrogens (tertiary/aromatic N) is 1. The van der Waals surface area contributed by atoms with Gasteiger partial charge in [0, 0.05) is 25.7 Å². The van der Waals surface area contributed by atoms with E-state index in [1.165, 1.54) is 0 Å². The zero-order valence-electron chi connectivity index (χ0n) is 16.9. The smallest absolute Gasteiger partial charge is 0.375 e. The van der Waals surface area contributed by atoms with Crippen LogP contribution in [0.15, 0.2) is 25.3 Å². The van der Waals surface area contributed by atoms with E-state index < -0.39 is 8.80 Å². The molecule has 160 valence electrons. The lowest BCUT2D eigenvalue weighted by Crippen LogP contribution is -2.61. The zero-order chi connectivity index (χ0) is 19.7. The molecule has 0 aromatic rings. The quantitative estimate of drug-likeness (QED) is 0.198. The highest BCUT2D eigenvalue weighted by atomic mass is 28.4. The summed E-state index contributed by atoms with van der Waals surface area (Å²) in [6.07, 6.45) is 7.13. The van der Waals surface area contributed by atoms with Crippen molar-refractivity contribution in [2.45, 2.75) is 43.6 Å². The lowest BCUT2D eigenvalue weighted by atomic mass is 10.2. The lowest BCUT2D eigenvalue weighted by molar-refractivity contribution is -0.0974. The number of hydrogen-bond acceptors (Lipinski definition) is 7. The first-order valence-corrected chi connectivity index (χ1v) is 12.4. The Bertz CT molecular complexity index is 463. The summed E-state index contributed by atoms with van der Waals surface area (Å²) in [5.41, 5.74) is 0. The second-order valence-corrected chi connectivity index (χ2v) is 10.3. The molecule has 0 spiro atoms. The van der Waals surface area contributed by atoms with Crippen LogP contribution in [0.1, 0.15) is 19.3 Å². The largest absolute Gasteiger partial charge is 0.501 e. The van der Waals surface area contributed by atoms with Crippen LogP contribution in [0, 0.1) is 0 Å². The topological polar surface area (TPSA) is 61.9 Å². The minimum Gasteiger partial charge on any atom is -0.375 e. The molecular formula is C20H35NO6Si. The van der Waals surface area contributed by atoms with Crippen LogP contribution in [0.25, 0.3) is 0 Å². The Morgan fingerprint density at radius 1 is 0.964 bits per heavy atom. The summed E-state index contributed by atoms with van der Waals surface area (Å²) in [6, 6.07) is 0.829. The van der Waals surface area contributed by atoms with Crippen molar-refractivity contribution in [3.8, 4) is 0 Å². The van der Waals surface area contributed by atoms with Crippen LogP contribution in [0.2, 0.25) is 6.04 Å². The van der Waals surface area contributed by atoms with Gasteiger partial charge in [0.15, 0.2) is 0 Å². The van der Waals surface area contributed by atoms with E-state index >= 15 is 0 Å². The molecule has 28 heavy (non-hydrogen) atoms. The Hall–Kier alpha value is -0.583. The molecule has 0 aliphatic carbocycles. The van der Waals surface area contributed by atoms with E-state index in [0.717, 1.165) is 51.5 Å². The molecule has 7 nitrogen and oxygen atoms in total. The average Bonchev–Trinajstić information content (AvgIpc) is 3.46. The zero-order valence-corrected chi connectivity index (χ0v) is 17.9. The molecule has 3 atom stereocenters. The van der Waals surface area contributed by atoms with Gasteiger partial charge >= 0.3 is 8.80 Å². The van der Waals surface area contributed by atoms with Crippen LogP contribution in [-0.2, 0) is 27.5 Å². The van der Waals surface area contributed by atoms with Crippen LogP contribution in [0.5, 0.6) is 0 Å². The maximum atomic E-state index is 6.54. The predicted molar refractivity (Wildman–Crippen MR) is 108 cm³/mol. The van der Waals surface area contributed by atoms with Crippen molar-refractivity contribution < 1.29 is 27.5 Å². The normalized spacial score (nSPS) is 35.0. The van der Waals surface area contributed by atoms with Gasteiger partial charge in [0.2, 0.25) is 0 Å². The van der Waals surface area contributed by atoms with Gasteiger partial charge in [-0.2, -0.15) is 0 Å². The molecule has 0 aromatic carbocycles. The minimum atomic E-state index is -2.80. The fourth-order valence-corrected chi connectivity index (χ4v) is 6.68. The highest BCUT2D eigenvalue weighted by Crippen LogP contribution is 2.29. The third kappa shape index (κ3) is 7.35. The second kappa shape index (κ2) is 11.6. The first-order chi connectivity index (χ1) is 13.7. The molecule has 0 amide bonds. The second-order valence-electron chi connectivity index (χ2n) is 7.62. The van der Waals surface area contributed by atoms with Crippen LogP contribution >= 0.6 is 0 Å². The molecule has 4 saturated heterocycles. The SMILES string of the molecule is C=CCOCC1CN2CCO[Si](CCCCC3CO3)(O1)OC(COCC=C)C2. The minimum absolute atomic E-state index is 0.0475. The lowest BCUT2D eigenvalue weighted by Gasteiger charge is -2.44. The predicted octanol–water partition coefficient (Wildman–Crippen LogP) is 2.02. The van der Waals surface area contributed by atoms with E-state index in [1.807, 2.05) is 0 Å². The highest BCUT2D eigenvalue weighted by molar-refractivity contribution is 6.60. The van der Waals surface area contributed by atoms with Crippen LogP contribution < -0.4 is 0 Å². The molecule has 4 fully saturated rings. The van der Waals surface area contributed by atoms with Crippen LogP contribution in [0.4, 0.5) is 0 Å². The number of ether oxygens (including phenoxy) is 3. The molecule has 0 saturated carbocycles. The molecule has 3 unspecified atom stereocenters. The highest BCUT2D eigenvalue weighted by Gasteiger charge is 2.48. The molecule has 2 bridgehead atoms. The van der Waals surface area contributed by atoms with E-state index in [9.17, 15) is 0 Å². The summed E-state index contributed by atoms with van der Waals surface area (Å²) in [4.78, 5) is 2.33. The van der Waals surface area contributed by atoms with Gasteiger partial charge in [0.25, 0.3) is 0 Å². The van der Waals surface area contributed by atoms with Gasteiger partial charge in [0.1, 0.15) is 0 Å². The Kier molecular flexibility index (Phi) is 9.13. The number of unbranched alkanes of at least 4 members (excludes halogenated alkanes) is 1. The van der Waals surface area contributed by atoms with Crippen molar-refractivity contribution in [2.24, 2.45) is 0 Å². The Morgan fingerprint density at radius 3 is 2.18 bits per heavy atom. The third-order valence-electron chi connectivity index (χ3n) is 5.09. The Balaban J connectivity index is 1.63. The van der Waals surface area contributed by atoms with Gasteiger partial charge in [-0.25, -0.2) is 0 Å². The van der Waals surface area contributed by atoms with Crippen molar-refractivity contribution >= 4 is 8.80 Å². The number of fused-ring (bicyclic) bond motifs is 6. The van der Waals surface area contributed by atoms with Crippen molar-refractivity contribution in [1.82, 2.24) is 4.90 Å². The number of hydrogen-bond donors (Lipinski definition) is 0. The summed E-state index contributed by atoms with van der Waals surface area (Å²) in [6.45, 7) is 13.6. The van der Waals surface area contributed by atoms with Crippen LogP contribution in [0.3, 0.4) is 0 Å². The Morgan fingerprint density at radius 2 is 1.61 bits per heavy atom. The van der Waals surface area contributed by atoms with Crippen molar-refractivity contribution in [3.63, 3.8) is 0 Å². The molecular weight excluding hydrogens is 378 g/mol. The van der Waals surface area contributed by atoms with E-state index in [-0.39, 0.29) is 12.2 Å². The van der Waals surface area contributed by atoms with Gasteiger partial charge in [-0.3, -0.25) is 4.90 Å². The van der Waals surface area contributed by atoms with Gasteiger partial charge < -0.3 is 27.5 Å². The fraction of sp³-hybridized carbons (Fsp3) is 0.800. The van der Waals surface area contributed by atoms with Crippen molar-refractivity contribution in [1.29, 1.82) is 0 Å². The molecule has 0 radical (unpaired) electrons. The molecule has 0 N–H and O–H groups in total. The molecule has 4 heterocycles. The summed E-state index contributed by atoms with van der Waals surface area (Å²) >= 11 is 0. The van der Waals surface area contributed by atoms with E-state index in [0.29, 0.717) is 39.1 Å². The molecule has 4 rings (SSSR count). The standard InChI is InChI=1S/C20H35NO6Si/c1-3-9-22-15-19-13-21-8-11-25-28(26-19,12-6-5-7-18-17-24-18)27-20(14-21)16-23-10-4-2/h3-4,18-20H,1-2,5-17H2. The van der Waals surface area contributed by atoms with E-state index in [1.54, 1.807) is 12.2 Å². The van der Waals surface area contributed by atoms with Gasteiger partial charge in [-0.1, -0.05) is 18.6 Å². The Labute approximate surface area is 169 Å². The fourth-order valence-electron chi connectivity index (χ4n) is 3.72. The van der Waals surface area contributed by atoms with Gasteiger partial charge in [0.05, 0.1) is 58.0 Å². The molecule has 8 heteroatoms. The van der Waals surface area contributed by atoms with Gasteiger partial charge in [-0.05, 0) is 12.8 Å². The monoisotopic (exact) mass is 413 g/mol. The maximum absolute atomic E-state index is 6.54.